The van der Waals surface area contributed by atoms with Gasteiger partial charge in [0.1, 0.15) is 11.9 Å². The minimum Gasteiger partial charge on any atom is -0.365 e. The van der Waals surface area contributed by atoms with Gasteiger partial charge >= 0.3 is 0 Å². The third-order valence-corrected chi connectivity index (χ3v) is 8.82. The number of rotatable bonds is 5. The molecule has 4 atom stereocenters. The Balaban J connectivity index is 1.17. The smallest absolute Gasteiger partial charge is 0.238 e. The molecule has 7 heteroatoms. The molecule has 1 saturated carbocycles. The first kappa shape index (κ1) is 23.6. The number of benzene rings is 2. The molecular formula is C29H33FN4O2. The van der Waals surface area contributed by atoms with Crippen molar-refractivity contribution in [2.24, 2.45) is 5.92 Å². The number of hydrogen-bond donors (Lipinski definition) is 2. The number of fused-ring (bicyclic) bond motifs is 4. The Morgan fingerprint density at radius 2 is 2.03 bits per heavy atom. The average molecular weight is 489 g/mol. The van der Waals surface area contributed by atoms with Gasteiger partial charge in [-0.2, -0.15) is 5.26 Å². The lowest BCUT2D eigenvalue weighted by Crippen LogP contribution is -2.50. The van der Waals surface area contributed by atoms with Crippen LogP contribution < -0.4 is 10.6 Å². The van der Waals surface area contributed by atoms with Gasteiger partial charge in [0.2, 0.25) is 5.91 Å². The van der Waals surface area contributed by atoms with Crippen LogP contribution >= 0.6 is 0 Å². The van der Waals surface area contributed by atoms with Crippen molar-refractivity contribution in [2.75, 3.05) is 20.1 Å². The van der Waals surface area contributed by atoms with E-state index in [-0.39, 0.29) is 29.8 Å². The second kappa shape index (κ2) is 9.26. The number of nitrogens with zero attached hydrogens (tertiary/aromatic N) is 2. The van der Waals surface area contributed by atoms with Crippen LogP contribution in [-0.2, 0) is 28.2 Å². The van der Waals surface area contributed by atoms with Crippen molar-refractivity contribution >= 4 is 5.91 Å². The van der Waals surface area contributed by atoms with Crippen LogP contribution in [0.15, 0.2) is 36.4 Å². The van der Waals surface area contributed by atoms with Crippen LogP contribution in [0.5, 0.6) is 0 Å². The van der Waals surface area contributed by atoms with Gasteiger partial charge in [-0.05, 0) is 85.0 Å². The lowest BCUT2D eigenvalue weighted by molar-refractivity contribution is -0.124. The first-order valence-electron chi connectivity index (χ1n) is 13.1. The van der Waals surface area contributed by atoms with Gasteiger partial charge in [-0.25, -0.2) is 4.39 Å². The van der Waals surface area contributed by atoms with E-state index in [1.165, 1.54) is 11.1 Å². The summed E-state index contributed by atoms with van der Waals surface area (Å²) in [6, 6.07) is 13.1. The fourth-order valence-corrected chi connectivity index (χ4v) is 6.65. The van der Waals surface area contributed by atoms with E-state index in [1.807, 2.05) is 12.1 Å². The van der Waals surface area contributed by atoms with E-state index in [0.717, 1.165) is 56.3 Å². The number of hydrogen-bond acceptors (Lipinski definition) is 5. The number of likely N-dealkylation sites (tertiary alicyclic amines) is 1. The molecular weight excluding hydrogens is 455 g/mol. The summed E-state index contributed by atoms with van der Waals surface area (Å²) >= 11 is 0. The van der Waals surface area contributed by atoms with Crippen molar-refractivity contribution < 1.29 is 13.9 Å². The maximum absolute atomic E-state index is 15.2. The van der Waals surface area contributed by atoms with Crippen molar-refractivity contribution in [3.8, 4) is 17.2 Å². The van der Waals surface area contributed by atoms with E-state index in [9.17, 15) is 10.1 Å². The molecule has 2 N–H and O–H groups in total. The summed E-state index contributed by atoms with van der Waals surface area (Å²) in [4.78, 5) is 15.1. The highest BCUT2D eigenvalue weighted by molar-refractivity contribution is 5.83. The van der Waals surface area contributed by atoms with E-state index in [0.29, 0.717) is 24.1 Å². The van der Waals surface area contributed by atoms with Crippen LogP contribution in [0.3, 0.4) is 0 Å². The quantitative estimate of drug-likeness (QED) is 0.672. The predicted octanol–water partition coefficient (Wildman–Crippen LogP) is 3.64. The zero-order valence-electron chi connectivity index (χ0n) is 20.7. The Morgan fingerprint density at radius 1 is 1.25 bits per heavy atom. The lowest BCUT2D eigenvalue weighted by Gasteiger charge is -2.37. The van der Waals surface area contributed by atoms with Crippen LogP contribution in [0, 0.1) is 23.1 Å². The molecule has 4 aliphatic rings. The maximum Gasteiger partial charge on any atom is 0.238 e. The van der Waals surface area contributed by atoms with Gasteiger partial charge in [-0.1, -0.05) is 24.3 Å². The number of amides is 1. The number of nitriles is 1. The van der Waals surface area contributed by atoms with Crippen LogP contribution in [0.25, 0.3) is 11.1 Å². The number of ether oxygens (including phenoxy) is 1. The molecule has 2 saturated heterocycles. The standard InChI is InChI=1S/C29H33FN4O2/c1-34-10-8-29(9-11-34)25-14-18(3-5-22(25)17-36-29)19-2-4-20(26(30)15-19)12-24(16-31)33-28(35)27-21-6-7-23(13-21)32-27/h2-5,14-15,21,23-24,27,32H,6-13,17H2,1H3,(H,33,35)/t21-,23+,24-,27-/m0/s1. The Labute approximate surface area is 211 Å². The summed E-state index contributed by atoms with van der Waals surface area (Å²) in [5.41, 5.74) is 4.43. The van der Waals surface area contributed by atoms with Crippen LogP contribution in [0.2, 0.25) is 0 Å². The van der Waals surface area contributed by atoms with Crippen molar-refractivity contribution in [1.29, 1.82) is 5.26 Å². The second-order valence-electron chi connectivity index (χ2n) is 11.1. The molecule has 2 aromatic rings. The molecule has 6 rings (SSSR count). The molecule has 2 bridgehead atoms. The summed E-state index contributed by atoms with van der Waals surface area (Å²) in [7, 11) is 2.14. The van der Waals surface area contributed by atoms with E-state index in [2.05, 4.69) is 40.8 Å². The molecule has 3 heterocycles. The predicted molar refractivity (Wildman–Crippen MR) is 134 cm³/mol. The van der Waals surface area contributed by atoms with Gasteiger partial charge < -0.3 is 20.3 Å². The SMILES string of the molecule is CN1CCC2(CC1)OCc1ccc(-c3ccc(C[C@@H](C#N)NC(=O)[C@H]4N[C@@H]5CC[C@H]4C5)c(F)c3)cc12. The Hall–Kier alpha value is -2.79. The van der Waals surface area contributed by atoms with Crippen LogP contribution in [0.4, 0.5) is 4.39 Å². The van der Waals surface area contributed by atoms with Crippen molar-refractivity contribution in [3.05, 3.63) is 58.9 Å². The third kappa shape index (κ3) is 4.21. The summed E-state index contributed by atoms with van der Waals surface area (Å²) < 4.78 is 21.5. The van der Waals surface area contributed by atoms with Crippen molar-refractivity contribution in [2.45, 2.75) is 68.9 Å². The van der Waals surface area contributed by atoms with Gasteiger partial charge in [0.05, 0.1) is 24.3 Å². The molecule has 1 amide bonds. The molecule has 0 unspecified atom stereocenters. The van der Waals surface area contributed by atoms with Crippen LogP contribution in [0.1, 0.15) is 48.8 Å². The van der Waals surface area contributed by atoms with Gasteiger partial charge in [-0.3, -0.25) is 4.79 Å². The van der Waals surface area contributed by atoms with E-state index in [1.54, 1.807) is 12.1 Å². The Kier molecular flexibility index (Phi) is 6.07. The van der Waals surface area contributed by atoms with Gasteiger partial charge in [0, 0.05) is 25.6 Å². The molecule has 3 aliphatic heterocycles. The van der Waals surface area contributed by atoms with Gasteiger partial charge in [-0.15, -0.1) is 0 Å². The summed E-state index contributed by atoms with van der Waals surface area (Å²) in [5.74, 6) is -0.156. The normalized spacial score (nSPS) is 27.1. The highest BCUT2D eigenvalue weighted by Crippen LogP contribution is 2.45. The fraction of sp³-hybridized carbons (Fsp3) is 0.517. The van der Waals surface area contributed by atoms with Gasteiger partial charge in [0.15, 0.2) is 0 Å². The number of carbonyl (C=O) groups is 1. The number of piperidine rings is 2. The van der Waals surface area contributed by atoms with Crippen molar-refractivity contribution in [3.63, 3.8) is 0 Å². The van der Waals surface area contributed by atoms with Gasteiger partial charge in [0.25, 0.3) is 0 Å². The Bertz CT molecular complexity index is 1220. The minimum absolute atomic E-state index is 0.143. The molecule has 0 aromatic heterocycles. The molecule has 36 heavy (non-hydrogen) atoms. The van der Waals surface area contributed by atoms with E-state index in [4.69, 9.17) is 4.74 Å². The molecule has 1 spiro atoms. The first-order chi connectivity index (χ1) is 17.4. The molecule has 188 valence electrons. The second-order valence-corrected chi connectivity index (χ2v) is 11.1. The molecule has 6 nitrogen and oxygen atoms in total. The Morgan fingerprint density at radius 3 is 2.72 bits per heavy atom. The molecule has 1 aliphatic carbocycles. The zero-order chi connectivity index (χ0) is 24.9. The molecule has 3 fully saturated rings. The average Bonchev–Trinajstić information content (AvgIpc) is 3.62. The third-order valence-electron chi connectivity index (χ3n) is 8.82. The monoisotopic (exact) mass is 488 g/mol. The lowest BCUT2D eigenvalue weighted by atomic mass is 9.82. The van der Waals surface area contributed by atoms with E-state index < -0.39 is 6.04 Å². The summed E-state index contributed by atoms with van der Waals surface area (Å²) in [5, 5.41) is 15.8. The largest absolute Gasteiger partial charge is 0.365 e. The maximum atomic E-state index is 15.2. The fourth-order valence-electron chi connectivity index (χ4n) is 6.65. The molecule has 2 aromatic carbocycles. The van der Waals surface area contributed by atoms with E-state index >= 15 is 4.39 Å². The molecule has 0 radical (unpaired) electrons. The summed E-state index contributed by atoms with van der Waals surface area (Å²) in [6.07, 6.45) is 5.26. The number of nitrogens with one attached hydrogen (secondary N) is 2. The number of carbonyl (C=O) groups excluding carboxylic acids is 1. The highest BCUT2D eigenvalue weighted by atomic mass is 19.1. The highest BCUT2D eigenvalue weighted by Gasteiger charge is 2.43. The van der Waals surface area contributed by atoms with Crippen molar-refractivity contribution in [1.82, 2.24) is 15.5 Å². The topological polar surface area (TPSA) is 77.4 Å². The zero-order valence-corrected chi connectivity index (χ0v) is 20.7. The summed E-state index contributed by atoms with van der Waals surface area (Å²) in [6.45, 7) is 2.63. The number of halogens is 1. The minimum atomic E-state index is -0.764. The van der Waals surface area contributed by atoms with Crippen LogP contribution in [-0.4, -0.2) is 49.1 Å². The first-order valence-corrected chi connectivity index (χ1v) is 13.1.